The number of hydrazone groups is 1. The van der Waals surface area contributed by atoms with Crippen LogP contribution in [0.25, 0.3) is 0 Å². The lowest BCUT2D eigenvalue weighted by molar-refractivity contribution is -0.123. The first kappa shape index (κ1) is 11.7. The number of hydrogen-bond acceptors (Lipinski definition) is 4. The average molecular weight is 259 g/mol. The van der Waals surface area contributed by atoms with Crippen molar-refractivity contribution in [2.45, 2.75) is 25.9 Å². The zero-order valence-electron chi connectivity index (χ0n) is 10.4. The van der Waals surface area contributed by atoms with E-state index in [1.54, 1.807) is 13.0 Å². The van der Waals surface area contributed by atoms with E-state index in [9.17, 15) is 9.59 Å². The molecular formula is C13H13N3O3. The molecule has 2 N–H and O–H groups in total. The summed E-state index contributed by atoms with van der Waals surface area (Å²) in [7, 11) is 0. The number of hydrogen-bond donors (Lipinski definition) is 2. The zero-order chi connectivity index (χ0) is 13.4. The van der Waals surface area contributed by atoms with Crippen molar-refractivity contribution in [2.24, 2.45) is 5.10 Å². The molecule has 0 radical (unpaired) electrons. The molecular weight excluding hydrogens is 246 g/mol. The van der Waals surface area contributed by atoms with Crippen molar-refractivity contribution in [1.82, 2.24) is 5.43 Å². The van der Waals surface area contributed by atoms with Crippen LogP contribution < -0.4 is 15.5 Å². The van der Waals surface area contributed by atoms with Crippen LogP contribution in [-0.2, 0) is 9.59 Å². The maximum absolute atomic E-state index is 11.6. The number of nitrogens with one attached hydrogen (secondary N) is 2. The Bertz CT molecular complexity index is 595. The van der Waals surface area contributed by atoms with Crippen LogP contribution in [0.2, 0.25) is 0 Å². The van der Waals surface area contributed by atoms with Crippen LogP contribution in [0.3, 0.4) is 0 Å². The highest BCUT2D eigenvalue weighted by molar-refractivity contribution is 6.06. The number of fused-ring (bicyclic) bond motifs is 1. The van der Waals surface area contributed by atoms with E-state index in [1.165, 1.54) is 0 Å². The molecule has 19 heavy (non-hydrogen) atoms. The van der Waals surface area contributed by atoms with E-state index in [2.05, 4.69) is 15.8 Å². The van der Waals surface area contributed by atoms with E-state index in [-0.39, 0.29) is 11.8 Å². The third kappa shape index (κ3) is 2.16. The lowest BCUT2D eigenvalue weighted by atomic mass is 10.0. The highest BCUT2D eigenvalue weighted by Gasteiger charge is 2.24. The molecule has 6 heteroatoms. The first-order valence-electron chi connectivity index (χ1n) is 6.11. The van der Waals surface area contributed by atoms with E-state index >= 15 is 0 Å². The summed E-state index contributed by atoms with van der Waals surface area (Å²) in [6.45, 7) is 1.70. The molecule has 0 saturated carbocycles. The van der Waals surface area contributed by atoms with E-state index in [1.807, 2.05) is 12.1 Å². The van der Waals surface area contributed by atoms with Crippen LogP contribution in [0.5, 0.6) is 5.75 Å². The minimum absolute atomic E-state index is 0.0767. The Balaban J connectivity index is 1.92. The van der Waals surface area contributed by atoms with Gasteiger partial charge in [-0.15, -0.1) is 0 Å². The van der Waals surface area contributed by atoms with Crippen molar-refractivity contribution < 1.29 is 14.3 Å². The van der Waals surface area contributed by atoms with E-state index in [4.69, 9.17) is 4.74 Å². The summed E-state index contributed by atoms with van der Waals surface area (Å²) in [6, 6.07) is 5.49. The topological polar surface area (TPSA) is 79.8 Å². The molecule has 1 aromatic rings. The number of anilines is 1. The van der Waals surface area contributed by atoms with Gasteiger partial charge in [0.1, 0.15) is 5.75 Å². The predicted molar refractivity (Wildman–Crippen MR) is 69.1 cm³/mol. The summed E-state index contributed by atoms with van der Waals surface area (Å²) in [5.74, 6) is 0.409. The average Bonchev–Trinajstić information content (AvgIpc) is 2.40. The Kier molecular flexibility index (Phi) is 2.70. The van der Waals surface area contributed by atoms with Crippen molar-refractivity contribution in [3.8, 4) is 5.75 Å². The quantitative estimate of drug-likeness (QED) is 0.790. The van der Waals surface area contributed by atoms with Crippen molar-refractivity contribution in [3.05, 3.63) is 23.8 Å². The summed E-state index contributed by atoms with van der Waals surface area (Å²) in [6.07, 6.45) is 0.538. The van der Waals surface area contributed by atoms with Gasteiger partial charge in [0.25, 0.3) is 5.91 Å². The largest absolute Gasteiger partial charge is 0.479 e. The normalized spacial score (nSPS) is 21.7. The monoisotopic (exact) mass is 259 g/mol. The summed E-state index contributed by atoms with van der Waals surface area (Å²) in [5.41, 5.74) is 4.77. The SMILES string of the molecule is C[C@H]1Oc2ccc(C3=NNC(=O)CC3)cc2NC1=O. The van der Waals surface area contributed by atoms with Crippen molar-refractivity contribution in [1.29, 1.82) is 0 Å². The molecule has 0 saturated heterocycles. The molecule has 2 aliphatic heterocycles. The molecule has 0 unspecified atom stereocenters. The maximum atomic E-state index is 11.6. The van der Waals surface area contributed by atoms with E-state index < -0.39 is 6.10 Å². The number of benzene rings is 1. The zero-order valence-corrected chi connectivity index (χ0v) is 10.4. The van der Waals surface area contributed by atoms with Gasteiger partial charge in [-0.1, -0.05) is 0 Å². The molecule has 1 aromatic carbocycles. The summed E-state index contributed by atoms with van der Waals surface area (Å²) >= 11 is 0. The molecule has 0 spiro atoms. The minimum Gasteiger partial charge on any atom is -0.479 e. The van der Waals surface area contributed by atoms with Gasteiger partial charge in [-0.05, 0) is 25.1 Å². The molecule has 0 aromatic heterocycles. The van der Waals surface area contributed by atoms with Crippen molar-refractivity contribution in [2.75, 3.05) is 5.32 Å². The number of nitrogens with zero attached hydrogens (tertiary/aromatic N) is 1. The van der Waals surface area contributed by atoms with E-state index in [0.717, 1.165) is 11.3 Å². The van der Waals surface area contributed by atoms with Gasteiger partial charge in [0.15, 0.2) is 6.10 Å². The number of rotatable bonds is 1. The first-order chi connectivity index (χ1) is 9.13. The van der Waals surface area contributed by atoms with Gasteiger partial charge < -0.3 is 10.1 Å². The molecule has 2 heterocycles. The number of carbonyl (C=O) groups is 2. The van der Waals surface area contributed by atoms with Gasteiger partial charge in [-0.2, -0.15) is 5.10 Å². The van der Waals surface area contributed by atoms with Gasteiger partial charge in [0.05, 0.1) is 11.4 Å². The Morgan fingerprint density at radius 3 is 2.89 bits per heavy atom. The summed E-state index contributed by atoms with van der Waals surface area (Å²) < 4.78 is 5.48. The molecule has 2 aliphatic rings. The van der Waals surface area contributed by atoms with Gasteiger partial charge in [-0.25, -0.2) is 5.43 Å². The second kappa shape index (κ2) is 4.38. The second-order valence-corrected chi connectivity index (χ2v) is 4.55. The number of amides is 2. The Labute approximate surface area is 109 Å². The molecule has 1 atom stereocenters. The predicted octanol–water partition coefficient (Wildman–Crippen LogP) is 1.02. The molecule has 0 fully saturated rings. The van der Waals surface area contributed by atoms with Crippen molar-refractivity contribution in [3.63, 3.8) is 0 Å². The lowest BCUT2D eigenvalue weighted by Crippen LogP contribution is -2.34. The minimum atomic E-state index is -0.482. The fourth-order valence-electron chi connectivity index (χ4n) is 2.07. The summed E-state index contributed by atoms with van der Waals surface area (Å²) in [5, 5.41) is 6.82. The maximum Gasteiger partial charge on any atom is 0.265 e. The molecule has 98 valence electrons. The second-order valence-electron chi connectivity index (χ2n) is 4.55. The van der Waals surface area contributed by atoms with Crippen LogP contribution >= 0.6 is 0 Å². The fraction of sp³-hybridized carbons (Fsp3) is 0.308. The van der Waals surface area contributed by atoms with Crippen LogP contribution in [0.4, 0.5) is 5.69 Å². The lowest BCUT2D eigenvalue weighted by Gasteiger charge is -2.24. The summed E-state index contributed by atoms with van der Waals surface area (Å²) in [4.78, 5) is 22.6. The van der Waals surface area contributed by atoms with Gasteiger partial charge in [0.2, 0.25) is 5.91 Å². The number of ether oxygens (including phenoxy) is 1. The van der Waals surface area contributed by atoms with Crippen LogP contribution in [-0.4, -0.2) is 23.6 Å². The van der Waals surface area contributed by atoms with Crippen LogP contribution in [0, 0.1) is 0 Å². The number of carbonyl (C=O) groups excluding carboxylic acids is 2. The highest BCUT2D eigenvalue weighted by Crippen LogP contribution is 2.31. The van der Waals surface area contributed by atoms with E-state index in [0.29, 0.717) is 24.3 Å². The molecule has 0 aliphatic carbocycles. The third-order valence-corrected chi connectivity index (χ3v) is 3.15. The Morgan fingerprint density at radius 2 is 2.16 bits per heavy atom. The molecule has 3 rings (SSSR count). The van der Waals surface area contributed by atoms with Gasteiger partial charge >= 0.3 is 0 Å². The van der Waals surface area contributed by atoms with Gasteiger partial charge in [-0.3, -0.25) is 9.59 Å². The third-order valence-electron chi connectivity index (χ3n) is 3.15. The van der Waals surface area contributed by atoms with Crippen LogP contribution in [0.15, 0.2) is 23.3 Å². The van der Waals surface area contributed by atoms with Crippen molar-refractivity contribution >= 4 is 23.2 Å². The Morgan fingerprint density at radius 1 is 1.32 bits per heavy atom. The standard InChI is InChI=1S/C13H13N3O3/c1-7-13(18)14-10-6-8(2-4-11(10)19-7)9-3-5-12(17)16-15-9/h2,4,6-7H,3,5H2,1H3,(H,14,18)(H,16,17)/t7-/m1/s1. The molecule has 0 bridgehead atoms. The molecule has 2 amide bonds. The Hall–Kier alpha value is -2.37. The smallest absolute Gasteiger partial charge is 0.265 e. The fourth-order valence-corrected chi connectivity index (χ4v) is 2.07. The highest BCUT2D eigenvalue weighted by atomic mass is 16.5. The van der Waals surface area contributed by atoms with Crippen LogP contribution in [0.1, 0.15) is 25.3 Å². The first-order valence-corrected chi connectivity index (χ1v) is 6.11. The van der Waals surface area contributed by atoms with Gasteiger partial charge in [0, 0.05) is 18.4 Å². The molecule has 6 nitrogen and oxygen atoms in total.